The number of methoxy groups -OCH3 is 1. The predicted octanol–water partition coefficient (Wildman–Crippen LogP) is 4.33. The first kappa shape index (κ1) is 24.8. The van der Waals surface area contributed by atoms with E-state index in [0.29, 0.717) is 17.9 Å². The molecule has 0 saturated carbocycles. The SMILES string of the molecule is CCCCCCCNC(=O)C[C@H](NS(=O)(=O)c1ccc(F)cc1)c1ccc(OC)cc1. The molecule has 0 heterocycles. The third-order valence-electron chi connectivity index (χ3n) is 4.93. The van der Waals surface area contributed by atoms with Crippen LogP contribution < -0.4 is 14.8 Å². The molecule has 31 heavy (non-hydrogen) atoms. The lowest BCUT2D eigenvalue weighted by atomic mass is 10.0. The minimum Gasteiger partial charge on any atom is -0.497 e. The van der Waals surface area contributed by atoms with Gasteiger partial charge in [0, 0.05) is 13.0 Å². The van der Waals surface area contributed by atoms with Gasteiger partial charge in [0.1, 0.15) is 11.6 Å². The summed E-state index contributed by atoms with van der Waals surface area (Å²) in [5.74, 6) is -0.137. The number of unbranched alkanes of at least 4 members (excludes halogenated alkanes) is 4. The van der Waals surface area contributed by atoms with Crippen molar-refractivity contribution in [3.63, 3.8) is 0 Å². The summed E-state index contributed by atoms with van der Waals surface area (Å²) >= 11 is 0. The number of amides is 1. The van der Waals surface area contributed by atoms with Gasteiger partial charge in [-0.2, -0.15) is 0 Å². The molecule has 0 aliphatic carbocycles. The van der Waals surface area contributed by atoms with Crippen LogP contribution in [-0.4, -0.2) is 28.0 Å². The summed E-state index contributed by atoms with van der Waals surface area (Å²) in [4.78, 5) is 12.4. The van der Waals surface area contributed by atoms with Crippen molar-refractivity contribution >= 4 is 15.9 Å². The van der Waals surface area contributed by atoms with Crippen LogP contribution in [0.3, 0.4) is 0 Å². The summed E-state index contributed by atoms with van der Waals surface area (Å²) < 4.78 is 46.5. The number of carbonyl (C=O) groups excluding carboxylic acids is 1. The van der Waals surface area contributed by atoms with E-state index in [0.717, 1.165) is 37.8 Å². The molecule has 2 aromatic rings. The minimum absolute atomic E-state index is 0.0539. The standard InChI is InChI=1S/C23H31FN2O4S/c1-3-4-5-6-7-16-25-23(27)17-22(18-8-12-20(30-2)13-9-18)26-31(28,29)21-14-10-19(24)11-15-21/h8-15,22,26H,3-7,16-17H2,1-2H3,(H,25,27)/t22-/m0/s1. The first-order valence-electron chi connectivity index (χ1n) is 10.5. The van der Waals surface area contributed by atoms with Gasteiger partial charge in [-0.15, -0.1) is 0 Å². The molecule has 2 aromatic carbocycles. The molecule has 170 valence electrons. The van der Waals surface area contributed by atoms with Gasteiger partial charge in [0.05, 0.1) is 18.0 Å². The molecule has 0 aromatic heterocycles. The maximum atomic E-state index is 13.2. The maximum Gasteiger partial charge on any atom is 0.241 e. The Balaban J connectivity index is 2.09. The number of hydrogen-bond donors (Lipinski definition) is 2. The zero-order valence-corrected chi connectivity index (χ0v) is 18.9. The molecule has 2 N–H and O–H groups in total. The van der Waals surface area contributed by atoms with E-state index in [1.807, 2.05) is 0 Å². The predicted molar refractivity (Wildman–Crippen MR) is 119 cm³/mol. The van der Waals surface area contributed by atoms with Gasteiger partial charge in [-0.25, -0.2) is 17.5 Å². The van der Waals surface area contributed by atoms with E-state index in [2.05, 4.69) is 17.0 Å². The lowest BCUT2D eigenvalue weighted by Gasteiger charge is -2.19. The van der Waals surface area contributed by atoms with E-state index < -0.39 is 21.9 Å². The lowest BCUT2D eigenvalue weighted by Crippen LogP contribution is -2.34. The largest absolute Gasteiger partial charge is 0.497 e. The Morgan fingerprint density at radius 2 is 1.65 bits per heavy atom. The van der Waals surface area contributed by atoms with Crippen molar-refractivity contribution in [1.82, 2.24) is 10.0 Å². The van der Waals surface area contributed by atoms with Gasteiger partial charge in [0.15, 0.2) is 0 Å². The van der Waals surface area contributed by atoms with Crippen molar-refractivity contribution < 1.29 is 22.3 Å². The summed E-state index contributed by atoms with van der Waals surface area (Å²) in [5.41, 5.74) is 0.629. The average molecular weight is 451 g/mol. The monoisotopic (exact) mass is 450 g/mol. The molecular formula is C23H31FN2O4S. The Hall–Kier alpha value is -2.45. The van der Waals surface area contributed by atoms with Gasteiger partial charge in [-0.05, 0) is 48.4 Å². The highest BCUT2D eigenvalue weighted by molar-refractivity contribution is 7.89. The van der Waals surface area contributed by atoms with Crippen molar-refractivity contribution in [3.05, 3.63) is 59.9 Å². The van der Waals surface area contributed by atoms with Crippen LogP contribution in [0.1, 0.15) is 57.1 Å². The highest BCUT2D eigenvalue weighted by Gasteiger charge is 2.24. The molecule has 0 bridgehead atoms. The molecule has 0 radical (unpaired) electrons. The molecule has 0 aliphatic rings. The normalized spacial score (nSPS) is 12.4. The van der Waals surface area contributed by atoms with Crippen LogP contribution in [-0.2, 0) is 14.8 Å². The number of carbonyl (C=O) groups is 1. The lowest BCUT2D eigenvalue weighted by molar-refractivity contribution is -0.121. The maximum absolute atomic E-state index is 13.2. The van der Waals surface area contributed by atoms with E-state index in [9.17, 15) is 17.6 Å². The van der Waals surface area contributed by atoms with Crippen molar-refractivity contribution in [1.29, 1.82) is 0 Å². The average Bonchev–Trinajstić information content (AvgIpc) is 2.76. The number of benzene rings is 2. The number of sulfonamides is 1. The van der Waals surface area contributed by atoms with Gasteiger partial charge in [-0.3, -0.25) is 4.79 Å². The van der Waals surface area contributed by atoms with E-state index in [1.165, 1.54) is 25.7 Å². The Labute approximate surface area is 184 Å². The molecule has 8 heteroatoms. The number of rotatable bonds is 13. The van der Waals surface area contributed by atoms with Crippen molar-refractivity contribution in [2.24, 2.45) is 0 Å². The fourth-order valence-corrected chi connectivity index (χ4v) is 4.37. The van der Waals surface area contributed by atoms with Crippen LogP contribution in [0.25, 0.3) is 0 Å². The number of hydrogen-bond acceptors (Lipinski definition) is 4. The second kappa shape index (κ2) is 12.4. The van der Waals surface area contributed by atoms with Crippen LogP contribution in [0, 0.1) is 5.82 Å². The Bertz CT molecular complexity index is 916. The van der Waals surface area contributed by atoms with E-state index in [-0.39, 0.29) is 17.2 Å². The van der Waals surface area contributed by atoms with Crippen molar-refractivity contribution in [3.8, 4) is 5.75 Å². The van der Waals surface area contributed by atoms with Crippen molar-refractivity contribution in [2.45, 2.75) is 56.4 Å². The third kappa shape index (κ3) is 8.30. The fourth-order valence-electron chi connectivity index (χ4n) is 3.15. The Morgan fingerprint density at radius 1 is 1.00 bits per heavy atom. The van der Waals surface area contributed by atoms with Crippen LogP contribution in [0.15, 0.2) is 53.4 Å². The number of ether oxygens (including phenoxy) is 1. The molecule has 2 rings (SSSR count). The summed E-state index contributed by atoms with van der Waals surface area (Å²) in [6.07, 6.45) is 5.36. The third-order valence-corrected chi connectivity index (χ3v) is 6.42. The summed E-state index contributed by atoms with van der Waals surface area (Å²) in [6, 6.07) is 10.6. The molecule has 6 nitrogen and oxygen atoms in total. The van der Waals surface area contributed by atoms with Crippen LogP contribution in [0.5, 0.6) is 5.75 Å². The molecular weight excluding hydrogens is 419 g/mol. The highest BCUT2D eigenvalue weighted by Crippen LogP contribution is 2.23. The quantitative estimate of drug-likeness (QED) is 0.445. The second-order valence-corrected chi connectivity index (χ2v) is 9.08. The fraction of sp³-hybridized carbons (Fsp3) is 0.435. The molecule has 0 unspecified atom stereocenters. The van der Waals surface area contributed by atoms with Gasteiger partial charge in [0.25, 0.3) is 0 Å². The van der Waals surface area contributed by atoms with E-state index in [1.54, 1.807) is 24.3 Å². The van der Waals surface area contributed by atoms with E-state index in [4.69, 9.17) is 4.74 Å². The van der Waals surface area contributed by atoms with Crippen LogP contribution >= 0.6 is 0 Å². The number of halogens is 1. The van der Waals surface area contributed by atoms with E-state index >= 15 is 0 Å². The van der Waals surface area contributed by atoms with Crippen molar-refractivity contribution in [2.75, 3.05) is 13.7 Å². The van der Waals surface area contributed by atoms with Crippen LogP contribution in [0.4, 0.5) is 4.39 Å². The highest BCUT2D eigenvalue weighted by atomic mass is 32.2. The Kier molecular flexibility index (Phi) is 9.94. The van der Waals surface area contributed by atoms with Crippen LogP contribution in [0.2, 0.25) is 0 Å². The van der Waals surface area contributed by atoms with Gasteiger partial charge >= 0.3 is 0 Å². The molecule has 0 spiro atoms. The van der Waals surface area contributed by atoms with Gasteiger partial charge in [0.2, 0.25) is 15.9 Å². The zero-order valence-electron chi connectivity index (χ0n) is 18.1. The minimum atomic E-state index is -3.95. The van der Waals surface area contributed by atoms with Gasteiger partial charge < -0.3 is 10.1 Å². The first-order valence-corrected chi connectivity index (χ1v) is 12.0. The smallest absolute Gasteiger partial charge is 0.241 e. The topological polar surface area (TPSA) is 84.5 Å². The molecule has 0 saturated heterocycles. The Morgan fingerprint density at radius 3 is 2.26 bits per heavy atom. The molecule has 1 atom stereocenters. The summed E-state index contributed by atoms with van der Waals surface area (Å²) in [5, 5.41) is 2.87. The summed E-state index contributed by atoms with van der Waals surface area (Å²) in [6.45, 7) is 2.71. The second-order valence-electron chi connectivity index (χ2n) is 7.37. The summed E-state index contributed by atoms with van der Waals surface area (Å²) in [7, 11) is -2.41. The molecule has 0 aliphatic heterocycles. The van der Waals surface area contributed by atoms with Gasteiger partial charge in [-0.1, -0.05) is 44.7 Å². The molecule has 0 fully saturated rings. The zero-order chi connectivity index (χ0) is 22.7. The number of nitrogens with one attached hydrogen (secondary N) is 2. The molecule has 1 amide bonds. The first-order chi connectivity index (χ1) is 14.9.